The normalized spacial score (nSPS) is 13.5. The third-order valence-corrected chi connectivity index (χ3v) is 7.14. The number of nitrogens with one attached hydrogen (secondary N) is 1. The number of aliphatic hydroxyl groups is 1. The summed E-state index contributed by atoms with van der Waals surface area (Å²) in [6, 6.07) is 13.4. The molecule has 0 atom stereocenters. The molecule has 2 aromatic carbocycles. The highest BCUT2D eigenvalue weighted by Crippen LogP contribution is 2.41. The van der Waals surface area contributed by atoms with E-state index >= 15 is 0 Å². The van der Waals surface area contributed by atoms with Crippen LogP contribution in [0.15, 0.2) is 58.4 Å². The van der Waals surface area contributed by atoms with Crippen LogP contribution in [0.2, 0.25) is 0 Å². The largest absolute Gasteiger partial charge is 0.456 e. The topological polar surface area (TPSA) is 80.6 Å². The van der Waals surface area contributed by atoms with Gasteiger partial charge in [-0.05, 0) is 69.4 Å². The van der Waals surface area contributed by atoms with Crippen molar-refractivity contribution in [1.82, 2.24) is 9.88 Å². The molecule has 1 aliphatic carbocycles. The lowest BCUT2D eigenvalue weighted by molar-refractivity contribution is -0.118. The molecule has 0 bridgehead atoms. The quantitative estimate of drug-likeness (QED) is 0.430. The zero-order valence-electron chi connectivity index (χ0n) is 20.8. The van der Waals surface area contributed by atoms with E-state index in [-0.39, 0.29) is 23.3 Å². The minimum atomic E-state index is -1.07. The third-order valence-electron chi connectivity index (χ3n) is 6.09. The summed E-state index contributed by atoms with van der Waals surface area (Å²) in [5.41, 5.74) is 3.02. The van der Waals surface area contributed by atoms with Gasteiger partial charge in [0.05, 0.1) is 11.4 Å². The number of nitrogens with zero attached hydrogens (tertiary/aromatic N) is 1. The van der Waals surface area contributed by atoms with Crippen LogP contribution < -0.4 is 15.6 Å². The second-order valence-electron chi connectivity index (χ2n) is 9.72. The van der Waals surface area contributed by atoms with Gasteiger partial charge >= 0.3 is 0 Å². The summed E-state index contributed by atoms with van der Waals surface area (Å²) in [5.74, 6) is 1.56. The lowest BCUT2D eigenvalue weighted by atomic mass is 9.94. The summed E-state index contributed by atoms with van der Waals surface area (Å²) in [4.78, 5) is 25.6. The Morgan fingerprint density at radius 2 is 1.83 bits per heavy atom. The first-order valence-corrected chi connectivity index (χ1v) is 12.8. The smallest absolute Gasteiger partial charge is 0.251 e. The molecule has 7 heteroatoms. The van der Waals surface area contributed by atoms with Crippen LogP contribution in [-0.2, 0) is 17.4 Å². The van der Waals surface area contributed by atoms with E-state index in [0.717, 1.165) is 46.4 Å². The Bertz CT molecular complexity index is 1300. The Hall–Kier alpha value is -3.03. The van der Waals surface area contributed by atoms with Gasteiger partial charge in [-0.15, -0.1) is 11.8 Å². The maximum Gasteiger partial charge on any atom is 0.251 e. The number of benzene rings is 2. The second-order valence-corrected chi connectivity index (χ2v) is 10.7. The van der Waals surface area contributed by atoms with Crippen LogP contribution in [0, 0.1) is 13.8 Å². The van der Waals surface area contributed by atoms with E-state index in [9.17, 15) is 14.7 Å². The Morgan fingerprint density at radius 3 is 2.46 bits per heavy atom. The monoisotopic (exact) mass is 492 g/mol. The molecule has 1 fully saturated rings. The highest BCUT2D eigenvalue weighted by molar-refractivity contribution is 8.00. The summed E-state index contributed by atoms with van der Waals surface area (Å²) in [6.07, 6.45) is 3.82. The van der Waals surface area contributed by atoms with Crippen LogP contribution in [0.25, 0.3) is 11.1 Å². The first-order valence-electron chi connectivity index (χ1n) is 11.8. The number of carbonyl (C=O) groups is 1. The van der Waals surface area contributed by atoms with Gasteiger partial charge in [0.1, 0.15) is 11.5 Å². The maximum absolute atomic E-state index is 12.5. The Balaban J connectivity index is 1.81. The maximum atomic E-state index is 12.5. The number of thioether (sulfide) groups is 1. The van der Waals surface area contributed by atoms with Gasteiger partial charge in [-0.2, -0.15) is 0 Å². The Morgan fingerprint density at radius 1 is 1.14 bits per heavy atom. The van der Waals surface area contributed by atoms with E-state index in [1.54, 1.807) is 33.2 Å². The van der Waals surface area contributed by atoms with Crippen LogP contribution in [0.3, 0.4) is 0 Å². The van der Waals surface area contributed by atoms with Gasteiger partial charge in [0.15, 0.2) is 0 Å². The first-order chi connectivity index (χ1) is 16.5. The number of rotatable bonds is 8. The molecule has 1 amide bonds. The predicted octanol–water partition coefficient (Wildman–Crippen LogP) is 5.06. The van der Waals surface area contributed by atoms with Gasteiger partial charge in [0, 0.05) is 41.4 Å². The van der Waals surface area contributed by atoms with Crippen molar-refractivity contribution in [3.05, 3.63) is 75.7 Å². The molecule has 35 heavy (non-hydrogen) atoms. The molecule has 1 heterocycles. The molecule has 0 unspecified atom stereocenters. The van der Waals surface area contributed by atoms with Crippen molar-refractivity contribution in [2.24, 2.45) is 7.05 Å². The predicted molar refractivity (Wildman–Crippen MR) is 140 cm³/mol. The van der Waals surface area contributed by atoms with Gasteiger partial charge in [0.2, 0.25) is 5.91 Å². The molecule has 3 aromatic rings. The minimum absolute atomic E-state index is 0.0404. The van der Waals surface area contributed by atoms with Crippen LogP contribution >= 0.6 is 11.8 Å². The van der Waals surface area contributed by atoms with Crippen molar-refractivity contribution in [2.45, 2.75) is 57.1 Å². The molecule has 2 N–H and O–H groups in total. The van der Waals surface area contributed by atoms with Gasteiger partial charge in [-0.25, -0.2) is 0 Å². The number of hydrogen-bond acceptors (Lipinski definition) is 5. The molecule has 6 nitrogen and oxygen atoms in total. The van der Waals surface area contributed by atoms with Crippen LogP contribution in [0.5, 0.6) is 11.5 Å². The molecule has 0 spiro atoms. The molecule has 1 aliphatic rings. The molecule has 0 radical (unpaired) electrons. The zero-order valence-corrected chi connectivity index (χ0v) is 21.7. The van der Waals surface area contributed by atoms with Crippen LogP contribution in [0.1, 0.15) is 43.4 Å². The summed E-state index contributed by atoms with van der Waals surface area (Å²) < 4.78 is 7.96. The van der Waals surface area contributed by atoms with Gasteiger partial charge < -0.3 is 19.7 Å². The van der Waals surface area contributed by atoms with E-state index in [0.29, 0.717) is 10.6 Å². The van der Waals surface area contributed by atoms with Crippen molar-refractivity contribution >= 4 is 17.7 Å². The molecule has 184 valence electrons. The third kappa shape index (κ3) is 5.97. The van der Waals surface area contributed by atoms with E-state index in [1.807, 2.05) is 50.2 Å². The second kappa shape index (κ2) is 9.91. The van der Waals surface area contributed by atoms with Crippen LogP contribution in [-0.4, -0.2) is 27.4 Å². The summed E-state index contributed by atoms with van der Waals surface area (Å²) in [7, 11) is 1.70. The summed E-state index contributed by atoms with van der Waals surface area (Å²) in [6.45, 7) is 7.46. The Labute approximate surface area is 210 Å². The number of pyridine rings is 1. The lowest BCUT2D eigenvalue weighted by Gasteiger charge is -2.22. The average molecular weight is 493 g/mol. The molecule has 1 aromatic heterocycles. The summed E-state index contributed by atoms with van der Waals surface area (Å²) in [5, 5.41) is 13.7. The number of hydrogen-bond donors (Lipinski definition) is 2. The van der Waals surface area contributed by atoms with E-state index in [4.69, 9.17) is 4.74 Å². The number of carbonyl (C=O) groups excluding carboxylic acids is 1. The number of aryl methyl sites for hydroxylation is 3. The van der Waals surface area contributed by atoms with Crippen molar-refractivity contribution in [1.29, 1.82) is 0 Å². The standard InChI is InChI=1S/C28H32N2O4S/c1-17-7-6-8-18(2)27(17)34-23-12-9-19(28(3,4)33)13-21(23)22-15-30(5)26(32)14-24(22)35-16-25(31)29-20-10-11-20/h6-9,12-15,20,33H,10-11,16H2,1-5H3,(H,29,31). The van der Waals surface area contributed by atoms with Crippen molar-refractivity contribution in [2.75, 3.05) is 5.75 Å². The Kier molecular flexibility index (Phi) is 7.10. The lowest BCUT2D eigenvalue weighted by Crippen LogP contribution is -2.27. The number of ether oxygens (including phenoxy) is 1. The van der Waals surface area contributed by atoms with Crippen molar-refractivity contribution in [3.8, 4) is 22.6 Å². The van der Waals surface area contributed by atoms with E-state index < -0.39 is 5.60 Å². The van der Waals surface area contributed by atoms with Gasteiger partial charge in [-0.1, -0.05) is 24.3 Å². The fraction of sp³-hybridized carbons (Fsp3) is 0.357. The fourth-order valence-electron chi connectivity index (χ4n) is 3.85. The molecular formula is C28H32N2O4S. The number of amides is 1. The highest BCUT2D eigenvalue weighted by atomic mass is 32.2. The molecule has 0 aliphatic heterocycles. The van der Waals surface area contributed by atoms with Crippen LogP contribution in [0.4, 0.5) is 0 Å². The number of aromatic nitrogens is 1. The first kappa shape index (κ1) is 25.1. The molecule has 1 saturated carbocycles. The molecule has 4 rings (SSSR count). The van der Waals surface area contributed by atoms with E-state index in [1.165, 1.54) is 16.3 Å². The fourth-order valence-corrected chi connectivity index (χ4v) is 4.73. The average Bonchev–Trinajstić information content (AvgIpc) is 3.60. The van der Waals surface area contributed by atoms with Crippen molar-refractivity contribution < 1.29 is 14.6 Å². The molecular weight excluding hydrogens is 460 g/mol. The van der Waals surface area contributed by atoms with Gasteiger partial charge in [-0.3, -0.25) is 9.59 Å². The summed E-state index contributed by atoms with van der Waals surface area (Å²) >= 11 is 1.33. The SMILES string of the molecule is Cc1cccc(C)c1Oc1ccc(C(C)(C)O)cc1-c1cn(C)c(=O)cc1SCC(=O)NC1CC1. The minimum Gasteiger partial charge on any atom is -0.456 e. The van der Waals surface area contributed by atoms with E-state index in [2.05, 4.69) is 5.32 Å². The number of para-hydroxylation sites is 1. The highest BCUT2D eigenvalue weighted by Gasteiger charge is 2.24. The van der Waals surface area contributed by atoms with Gasteiger partial charge in [0.25, 0.3) is 5.56 Å². The van der Waals surface area contributed by atoms with Crippen molar-refractivity contribution in [3.63, 3.8) is 0 Å². The zero-order chi connectivity index (χ0) is 25.3. The molecule has 0 saturated heterocycles.